The number of nitrogens with zero attached hydrogens (tertiary/aromatic N) is 1. The Morgan fingerprint density at radius 3 is 2.44 bits per heavy atom. The molecule has 0 atom stereocenters. The zero-order valence-electron chi connectivity index (χ0n) is 15.1. The lowest BCUT2D eigenvalue weighted by molar-refractivity contribution is 0.102. The normalized spacial score (nSPS) is 10.3. The Morgan fingerprint density at radius 2 is 1.81 bits per heavy atom. The Kier molecular flexibility index (Phi) is 5.94. The monoisotopic (exact) mass is 381 g/mol. The van der Waals surface area contributed by atoms with E-state index in [-0.39, 0.29) is 5.91 Å². The number of nitrogens with one attached hydrogen (secondary N) is 2. The maximum absolute atomic E-state index is 12.4. The van der Waals surface area contributed by atoms with Crippen LogP contribution in [0.5, 0.6) is 5.75 Å². The summed E-state index contributed by atoms with van der Waals surface area (Å²) in [5, 5.41) is 6.72. The van der Waals surface area contributed by atoms with Crippen LogP contribution in [0.2, 0.25) is 5.02 Å². The van der Waals surface area contributed by atoms with Gasteiger partial charge in [-0.05, 0) is 74.0 Å². The molecular formula is C21H20ClN3O2. The van der Waals surface area contributed by atoms with Gasteiger partial charge in [0.05, 0.1) is 18.5 Å². The van der Waals surface area contributed by atoms with Crippen LogP contribution in [0, 0.1) is 6.92 Å². The summed E-state index contributed by atoms with van der Waals surface area (Å²) in [6, 6.07) is 16.5. The van der Waals surface area contributed by atoms with Crippen LogP contribution in [0.4, 0.5) is 17.1 Å². The molecule has 3 aromatic rings. The van der Waals surface area contributed by atoms with E-state index in [1.807, 2.05) is 44.2 Å². The van der Waals surface area contributed by atoms with Crippen LogP contribution < -0.4 is 15.4 Å². The number of halogens is 1. The number of carbonyl (C=O) groups is 1. The van der Waals surface area contributed by atoms with Crippen LogP contribution in [0.1, 0.15) is 23.0 Å². The minimum atomic E-state index is -0.270. The van der Waals surface area contributed by atoms with Crippen LogP contribution in [0.25, 0.3) is 0 Å². The number of pyridine rings is 1. The van der Waals surface area contributed by atoms with Gasteiger partial charge in [-0.25, -0.2) is 4.98 Å². The molecule has 2 aromatic carbocycles. The minimum absolute atomic E-state index is 0.270. The Balaban J connectivity index is 1.64. The minimum Gasteiger partial charge on any atom is -0.494 e. The number of hydrogen-bond acceptors (Lipinski definition) is 4. The predicted molar refractivity (Wildman–Crippen MR) is 109 cm³/mol. The summed E-state index contributed by atoms with van der Waals surface area (Å²) in [6.07, 6.45) is 1.63. The van der Waals surface area contributed by atoms with Gasteiger partial charge in [0.25, 0.3) is 5.91 Å². The average Bonchev–Trinajstić information content (AvgIpc) is 2.66. The predicted octanol–water partition coefficient (Wildman–Crippen LogP) is 5.44. The standard InChI is InChI=1S/C21H20ClN3O2/c1-3-27-18-8-5-16(6-9-18)24-17-7-11-20(23-13-17)21(26)25-19-10-4-15(22)12-14(19)2/h4-13,24H,3H2,1-2H3,(H,25,26). The number of benzene rings is 2. The lowest BCUT2D eigenvalue weighted by Gasteiger charge is -2.10. The van der Waals surface area contributed by atoms with Crippen molar-refractivity contribution in [3.8, 4) is 5.75 Å². The highest BCUT2D eigenvalue weighted by Crippen LogP contribution is 2.21. The van der Waals surface area contributed by atoms with Crippen molar-refractivity contribution in [3.05, 3.63) is 77.1 Å². The van der Waals surface area contributed by atoms with E-state index >= 15 is 0 Å². The largest absolute Gasteiger partial charge is 0.494 e. The molecule has 0 bridgehead atoms. The van der Waals surface area contributed by atoms with Gasteiger partial charge in [0, 0.05) is 16.4 Å². The number of hydrogen-bond donors (Lipinski definition) is 2. The van der Waals surface area contributed by atoms with Crippen molar-refractivity contribution < 1.29 is 9.53 Å². The molecule has 0 saturated heterocycles. The molecule has 0 aliphatic heterocycles. The number of rotatable bonds is 6. The van der Waals surface area contributed by atoms with Crippen molar-refractivity contribution in [3.63, 3.8) is 0 Å². The van der Waals surface area contributed by atoms with Gasteiger partial charge in [-0.15, -0.1) is 0 Å². The van der Waals surface area contributed by atoms with Crippen LogP contribution >= 0.6 is 11.6 Å². The van der Waals surface area contributed by atoms with Crippen molar-refractivity contribution in [2.75, 3.05) is 17.2 Å². The molecule has 0 saturated carbocycles. The third-order valence-electron chi connectivity index (χ3n) is 3.89. The van der Waals surface area contributed by atoms with Gasteiger partial charge in [0.1, 0.15) is 11.4 Å². The molecule has 1 amide bonds. The zero-order chi connectivity index (χ0) is 19.2. The summed E-state index contributed by atoms with van der Waals surface area (Å²) < 4.78 is 5.42. The number of amides is 1. The second-order valence-corrected chi connectivity index (χ2v) is 6.36. The summed E-state index contributed by atoms with van der Waals surface area (Å²) in [5.74, 6) is 0.554. The first-order valence-corrected chi connectivity index (χ1v) is 8.96. The van der Waals surface area contributed by atoms with Crippen molar-refractivity contribution in [1.29, 1.82) is 0 Å². The van der Waals surface area contributed by atoms with E-state index in [0.29, 0.717) is 23.0 Å². The fourth-order valence-electron chi connectivity index (χ4n) is 2.52. The molecule has 0 aliphatic carbocycles. The summed E-state index contributed by atoms with van der Waals surface area (Å²) in [7, 11) is 0. The Hall–Kier alpha value is -3.05. The van der Waals surface area contributed by atoms with Gasteiger partial charge in [-0.3, -0.25) is 4.79 Å². The van der Waals surface area contributed by atoms with Gasteiger partial charge in [-0.2, -0.15) is 0 Å². The fraction of sp³-hybridized carbons (Fsp3) is 0.143. The summed E-state index contributed by atoms with van der Waals surface area (Å²) >= 11 is 5.94. The summed E-state index contributed by atoms with van der Waals surface area (Å²) in [4.78, 5) is 16.6. The van der Waals surface area contributed by atoms with E-state index in [0.717, 1.165) is 22.7 Å². The lowest BCUT2D eigenvalue weighted by atomic mass is 10.2. The highest BCUT2D eigenvalue weighted by molar-refractivity contribution is 6.30. The van der Waals surface area contributed by atoms with Crippen LogP contribution in [0.3, 0.4) is 0 Å². The zero-order valence-corrected chi connectivity index (χ0v) is 15.9. The molecule has 3 rings (SSSR count). The van der Waals surface area contributed by atoms with Crippen LogP contribution in [-0.2, 0) is 0 Å². The molecule has 0 aliphatic rings. The molecule has 0 fully saturated rings. The van der Waals surface area contributed by atoms with Gasteiger partial charge in [0.15, 0.2) is 0 Å². The first-order chi connectivity index (χ1) is 13.0. The van der Waals surface area contributed by atoms with Crippen molar-refractivity contribution in [2.24, 2.45) is 0 Å². The third-order valence-corrected chi connectivity index (χ3v) is 4.12. The van der Waals surface area contributed by atoms with Crippen molar-refractivity contribution >= 4 is 34.6 Å². The lowest BCUT2D eigenvalue weighted by Crippen LogP contribution is -2.14. The van der Waals surface area contributed by atoms with Crippen LogP contribution in [-0.4, -0.2) is 17.5 Å². The molecule has 6 heteroatoms. The van der Waals surface area contributed by atoms with Crippen LogP contribution in [0.15, 0.2) is 60.8 Å². The van der Waals surface area contributed by atoms with E-state index in [4.69, 9.17) is 16.3 Å². The summed E-state index contributed by atoms with van der Waals surface area (Å²) in [5.41, 5.74) is 3.64. The highest BCUT2D eigenvalue weighted by atomic mass is 35.5. The molecule has 1 aromatic heterocycles. The smallest absolute Gasteiger partial charge is 0.274 e. The van der Waals surface area contributed by atoms with E-state index < -0.39 is 0 Å². The van der Waals surface area contributed by atoms with E-state index in [1.54, 1.807) is 30.5 Å². The molecule has 27 heavy (non-hydrogen) atoms. The third kappa shape index (κ3) is 4.99. The molecule has 1 heterocycles. The Labute approximate surface area is 163 Å². The molecular weight excluding hydrogens is 362 g/mol. The van der Waals surface area contributed by atoms with Gasteiger partial charge < -0.3 is 15.4 Å². The fourth-order valence-corrected chi connectivity index (χ4v) is 2.75. The highest BCUT2D eigenvalue weighted by Gasteiger charge is 2.09. The van der Waals surface area contributed by atoms with E-state index in [2.05, 4.69) is 15.6 Å². The Morgan fingerprint density at radius 1 is 1.07 bits per heavy atom. The number of carbonyl (C=O) groups excluding carboxylic acids is 1. The van der Waals surface area contributed by atoms with Gasteiger partial charge in [0.2, 0.25) is 0 Å². The number of aromatic nitrogens is 1. The first-order valence-electron chi connectivity index (χ1n) is 8.58. The second kappa shape index (κ2) is 8.56. The number of ether oxygens (including phenoxy) is 1. The Bertz CT molecular complexity index is 925. The molecule has 138 valence electrons. The van der Waals surface area contributed by atoms with Gasteiger partial charge >= 0.3 is 0 Å². The van der Waals surface area contributed by atoms with Crippen molar-refractivity contribution in [1.82, 2.24) is 4.98 Å². The maximum atomic E-state index is 12.4. The number of aryl methyl sites for hydroxylation is 1. The molecule has 0 unspecified atom stereocenters. The van der Waals surface area contributed by atoms with E-state index in [9.17, 15) is 4.79 Å². The molecule has 0 spiro atoms. The SMILES string of the molecule is CCOc1ccc(Nc2ccc(C(=O)Nc3ccc(Cl)cc3C)nc2)cc1. The number of anilines is 3. The molecule has 2 N–H and O–H groups in total. The maximum Gasteiger partial charge on any atom is 0.274 e. The first kappa shape index (κ1) is 18.7. The van der Waals surface area contributed by atoms with E-state index in [1.165, 1.54) is 0 Å². The average molecular weight is 382 g/mol. The van der Waals surface area contributed by atoms with Crippen molar-refractivity contribution in [2.45, 2.75) is 13.8 Å². The van der Waals surface area contributed by atoms with Gasteiger partial charge in [-0.1, -0.05) is 11.6 Å². The second-order valence-electron chi connectivity index (χ2n) is 5.93. The molecule has 0 radical (unpaired) electrons. The quantitative estimate of drug-likeness (QED) is 0.597. The summed E-state index contributed by atoms with van der Waals surface area (Å²) in [6.45, 7) is 4.47. The topological polar surface area (TPSA) is 63.2 Å². The molecule has 5 nitrogen and oxygen atoms in total.